The summed E-state index contributed by atoms with van der Waals surface area (Å²) in [6, 6.07) is 9.61. The Kier molecular flexibility index (Phi) is 4.91. The largest absolute Gasteiger partial charge is 0.495 e. The third kappa shape index (κ3) is 2.77. The number of hydrogen-bond acceptors (Lipinski definition) is 3. The predicted octanol–water partition coefficient (Wildman–Crippen LogP) is 4.25. The van der Waals surface area contributed by atoms with Gasteiger partial charge in [0.05, 0.1) is 14.2 Å². The van der Waals surface area contributed by atoms with E-state index in [1.165, 1.54) is 0 Å². The molecule has 20 heavy (non-hydrogen) atoms. The van der Waals surface area contributed by atoms with Crippen molar-refractivity contribution in [1.82, 2.24) is 0 Å². The monoisotopic (exact) mass is 355 g/mol. The smallest absolute Gasteiger partial charge is 0.144 e. The quantitative estimate of drug-likeness (QED) is 0.891. The molecule has 2 rings (SSSR count). The summed E-state index contributed by atoms with van der Waals surface area (Å²) in [7, 11) is 3.24. The van der Waals surface area contributed by atoms with Crippen molar-refractivity contribution in [3.63, 3.8) is 0 Å². The lowest BCUT2D eigenvalue weighted by Crippen LogP contribution is -1.97. The Bertz CT molecular complexity index is 632. The standard InChI is InChI=1S/C15H15BrClNO2/c1-19-13-6-5-11(15(20-2)14(13)16)9-3-4-10(8-18)12(17)7-9/h3-7H,8,18H2,1-2H3. The maximum Gasteiger partial charge on any atom is 0.144 e. The summed E-state index contributed by atoms with van der Waals surface area (Å²) in [4.78, 5) is 0. The summed E-state index contributed by atoms with van der Waals surface area (Å²) in [6.45, 7) is 0.419. The van der Waals surface area contributed by atoms with E-state index in [-0.39, 0.29) is 0 Å². The van der Waals surface area contributed by atoms with Crippen molar-refractivity contribution in [3.05, 3.63) is 45.4 Å². The third-order valence-corrected chi connectivity index (χ3v) is 4.17. The van der Waals surface area contributed by atoms with E-state index in [4.69, 9.17) is 26.8 Å². The number of rotatable bonds is 4. The Hall–Kier alpha value is -1.23. The first-order valence-corrected chi connectivity index (χ1v) is 7.18. The molecule has 0 aliphatic carbocycles. The molecule has 2 aromatic carbocycles. The molecular formula is C15H15BrClNO2. The summed E-state index contributed by atoms with van der Waals surface area (Å²) >= 11 is 9.71. The van der Waals surface area contributed by atoms with E-state index >= 15 is 0 Å². The van der Waals surface area contributed by atoms with Crippen LogP contribution >= 0.6 is 27.5 Å². The van der Waals surface area contributed by atoms with Crippen LogP contribution in [0.5, 0.6) is 11.5 Å². The molecule has 2 aromatic rings. The zero-order chi connectivity index (χ0) is 14.7. The molecule has 0 radical (unpaired) electrons. The lowest BCUT2D eigenvalue weighted by molar-refractivity contribution is 0.390. The Morgan fingerprint density at radius 2 is 1.90 bits per heavy atom. The molecule has 0 unspecified atom stereocenters. The van der Waals surface area contributed by atoms with Gasteiger partial charge >= 0.3 is 0 Å². The molecule has 106 valence electrons. The molecule has 0 heterocycles. The van der Waals surface area contributed by atoms with Gasteiger partial charge in [-0.25, -0.2) is 0 Å². The third-order valence-electron chi connectivity index (χ3n) is 3.07. The van der Waals surface area contributed by atoms with Gasteiger partial charge in [-0.05, 0) is 45.3 Å². The van der Waals surface area contributed by atoms with Crippen LogP contribution in [0.2, 0.25) is 5.02 Å². The van der Waals surface area contributed by atoms with E-state index in [0.29, 0.717) is 17.3 Å². The predicted molar refractivity (Wildman–Crippen MR) is 85.6 cm³/mol. The van der Waals surface area contributed by atoms with E-state index < -0.39 is 0 Å². The summed E-state index contributed by atoms with van der Waals surface area (Å²) in [5.74, 6) is 1.43. The maximum atomic E-state index is 6.22. The molecule has 0 aliphatic heterocycles. The highest BCUT2D eigenvalue weighted by Crippen LogP contribution is 2.42. The molecule has 2 N–H and O–H groups in total. The Morgan fingerprint density at radius 1 is 1.15 bits per heavy atom. The van der Waals surface area contributed by atoms with Gasteiger partial charge in [0.1, 0.15) is 16.0 Å². The average molecular weight is 357 g/mol. The van der Waals surface area contributed by atoms with Crippen molar-refractivity contribution in [2.24, 2.45) is 5.73 Å². The number of halogens is 2. The van der Waals surface area contributed by atoms with Crippen LogP contribution < -0.4 is 15.2 Å². The van der Waals surface area contributed by atoms with Crippen LogP contribution in [0.25, 0.3) is 11.1 Å². The van der Waals surface area contributed by atoms with Gasteiger partial charge in [-0.1, -0.05) is 23.7 Å². The van der Waals surface area contributed by atoms with Gasteiger partial charge in [0.15, 0.2) is 0 Å². The van der Waals surface area contributed by atoms with Crippen molar-refractivity contribution in [3.8, 4) is 22.6 Å². The second-order valence-electron chi connectivity index (χ2n) is 4.17. The van der Waals surface area contributed by atoms with Crippen molar-refractivity contribution in [2.75, 3.05) is 14.2 Å². The van der Waals surface area contributed by atoms with Gasteiger partial charge in [-0.2, -0.15) is 0 Å². The molecule has 0 atom stereocenters. The molecule has 0 saturated heterocycles. The van der Waals surface area contributed by atoms with Crippen molar-refractivity contribution >= 4 is 27.5 Å². The molecular weight excluding hydrogens is 342 g/mol. The minimum absolute atomic E-state index is 0.419. The van der Waals surface area contributed by atoms with E-state index in [2.05, 4.69) is 15.9 Å². The van der Waals surface area contributed by atoms with Gasteiger partial charge in [0.2, 0.25) is 0 Å². The molecule has 0 aromatic heterocycles. The second kappa shape index (κ2) is 6.48. The number of nitrogens with two attached hydrogens (primary N) is 1. The van der Waals surface area contributed by atoms with Gasteiger partial charge in [-0.15, -0.1) is 0 Å². The van der Waals surface area contributed by atoms with E-state index in [1.54, 1.807) is 14.2 Å². The topological polar surface area (TPSA) is 44.5 Å². The summed E-state index contributed by atoms with van der Waals surface area (Å²) in [5.41, 5.74) is 8.44. The normalized spacial score (nSPS) is 10.4. The molecule has 5 heteroatoms. The number of methoxy groups -OCH3 is 2. The Balaban J connectivity index is 2.58. The van der Waals surface area contributed by atoms with Crippen molar-refractivity contribution in [2.45, 2.75) is 6.54 Å². The molecule has 3 nitrogen and oxygen atoms in total. The zero-order valence-electron chi connectivity index (χ0n) is 11.2. The highest BCUT2D eigenvalue weighted by Gasteiger charge is 2.14. The Morgan fingerprint density at radius 3 is 2.45 bits per heavy atom. The highest BCUT2D eigenvalue weighted by atomic mass is 79.9. The molecule has 0 aliphatic rings. The number of ether oxygens (including phenoxy) is 2. The van der Waals surface area contributed by atoms with Gasteiger partial charge in [0.25, 0.3) is 0 Å². The van der Waals surface area contributed by atoms with Crippen LogP contribution in [0.3, 0.4) is 0 Å². The van der Waals surface area contributed by atoms with Crippen molar-refractivity contribution < 1.29 is 9.47 Å². The maximum absolute atomic E-state index is 6.22. The Labute approximate surface area is 131 Å². The molecule has 0 saturated carbocycles. The SMILES string of the molecule is COc1ccc(-c2ccc(CN)c(Cl)c2)c(OC)c1Br. The first-order valence-electron chi connectivity index (χ1n) is 6.01. The van der Waals surface area contributed by atoms with Gasteiger partial charge in [-0.3, -0.25) is 0 Å². The van der Waals surface area contributed by atoms with Crippen LogP contribution in [0, 0.1) is 0 Å². The van der Waals surface area contributed by atoms with Crippen LogP contribution in [-0.4, -0.2) is 14.2 Å². The van der Waals surface area contributed by atoms with E-state index in [0.717, 1.165) is 26.9 Å². The lowest BCUT2D eigenvalue weighted by atomic mass is 10.0. The number of hydrogen-bond donors (Lipinski definition) is 1. The van der Waals surface area contributed by atoms with Gasteiger partial charge in [0, 0.05) is 17.1 Å². The fraction of sp³-hybridized carbons (Fsp3) is 0.200. The molecule has 0 spiro atoms. The molecule has 0 bridgehead atoms. The van der Waals surface area contributed by atoms with Crippen LogP contribution in [-0.2, 0) is 6.54 Å². The van der Waals surface area contributed by atoms with Crippen LogP contribution in [0.1, 0.15) is 5.56 Å². The number of benzene rings is 2. The average Bonchev–Trinajstić information content (AvgIpc) is 2.46. The fourth-order valence-corrected chi connectivity index (χ4v) is 2.93. The minimum Gasteiger partial charge on any atom is -0.495 e. The zero-order valence-corrected chi connectivity index (χ0v) is 13.6. The molecule has 0 fully saturated rings. The summed E-state index contributed by atoms with van der Waals surface area (Å²) in [6.07, 6.45) is 0. The highest BCUT2D eigenvalue weighted by molar-refractivity contribution is 9.10. The van der Waals surface area contributed by atoms with Gasteiger partial charge < -0.3 is 15.2 Å². The minimum atomic E-state index is 0.419. The second-order valence-corrected chi connectivity index (χ2v) is 5.37. The van der Waals surface area contributed by atoms with E-state index in [1.807, 2.05) is 30.3 Å². The summed E-state index contributed by atoms with van der Waals surface area (Å²) in [5, 5.41) is 0.652. The van der Waals surface area contributed by atoms with Crippen LogP contribution in [0.15, 0.2) is 34.8 Å². The van der Waals surface area contributed by atoms with Crippen molar-refractivity contribution in [1.29, 1.82) is 0 Å². The first kappa shape index (κ1) is 15.2. The van der Waals surface area contributed by atoms with Crippen LogP contribution in [0.4, 0.5) is 0 Å². The van der Waals surface area contributed by atoms with E-state index in [9.17, 15) is 0 Å². The first-order chi connectivity index (χ1) is 9.62. The molecule has 0 amide bonds. The lowest BCUT2D eigenvalue weighted by Gasteiger charge is -2.14. The fourth-order valence-electron chi connectivity index (χ4n) is 2.00. The summed E-state index contributed by atoms with van der Waals surface area (Å²) < 4.78 is 11.5.